The maximum Gasteiger partial charge on any atom is 0.321 e. The minimum atomic E-state index is -4.22. The van der Waals surface area contributed by atoms with Gasteiger partial charge in [-0.1, -0.05) is 30.3 Å². The fourth-order valence-electron chi connectivity index (χ4n) is 2.74. The van der Waals surface area contributed by atoms with Crippen LogP contribution in [0.25, 0.3) is 0 Å². The number of nitro benzene ring substituents is 1. The van der Waals surface area contributed by atoms with E-state index in [0.29, 0.717) is 0 Å². The standard InChI is InChI=1S/C20H24N4O7S/c1-14(15-7-5-4-6-8-15)22-19(25)13-31-20(26)12-21-32(29,30)16-9-10-17(23(2)3)18(11-16)24(27)28/h4-11,14,21H,12-13H2,1-3H3,(H,22,25). The van der Waals surface area contributed by atoms with Crippen molar-refractivity contribution in [1.82, 2.24) is 10.0 Å². The number of nitro groups is 1. The predicted molar refractivity (Wildman–Crippen MR) is 117 cm³/mol. The molecule has 172 valence electrons. The lowest BCUT2D eigenvalue weighted by Gasteiger charge is -2.14. The third-order valence-electron chi connectivity index (χ3n) is 4.38. The number of carbonyl (C=O) groups is 2. The van der Waals surface area contributed by atoms with Gasteiger partial charge in [-0.25, -0.2) is 8.42 Å². The van der Waals surface area contributed by atoms with E-state index in [-0.39, 0.29) is 16.6 Å². The summed E-state index contributed by atoms with van der Waals surface area (Å²) in [7, 11) is -1.05. The van der Waals surface area contributed by atoms with Crippen molar-refractivity contribution < 1.29 is 27.7 Å². The van der Waals surface area contributed by atoms with Crippen LogP contribution in [-0.4, -0.2) is 52.5 Å². The molecule has 0 saturated heterocycles. The Bertz CT molecular complexity index is 1090. The fraction of sp³-hybridized carbons (Fsp3) is 0.300. The molecule has 0 aliphatic rings. The lowest BCUT2D eigenvalue weighted by molar-refractivity contribution is -0.384. The number of amides is 1. The molecule has 2 N–H and O–H groups in total. The highest BCUT2D eigenvalue weighted by atomic mass is 32.2. The number of anilines is 1. The molecule has 12 heteroatoms. The number of nitrogens with zero attached hydrogens (tertiary/aromatic N) is 2. The van der Waals surface area contributed by atoms with Gasteiger partial charge < -0.3 is 15.0 Å². The van der Waals surface area contributed by atoms with Gasteiger partial charge in [0.1, 0.15) is 12.2 Å². The Morgan fingerprint density at radius 2 is 1.81 bits per heavy atom. The first-order valence-corrected chi connectivity index (χ1v) is 10.9. The van der Waals surface area contributed by atoms with Crippen LogP contribution in [0.4, 0.5) is 11.4 Å². The van der Waals surface area contributed by atoms with E-state index < -0.39 is 45.7 Å². The third-order valence-corrected chi connectivity index (χ3v) is 5.78. The van der Waals surface area contributed by atoms with Crippen molar-refractivity contribution >= 4 is 33.3 Å². The lowest BCUT2D eigenvalue weighted by Crippen LogP contribution is -2.34. The molecule has 0 saturated carbocycles. The summed E-state index contributed by atoms with van der Waals surface area (Å²) in [5.41, 5.74) is 0.697. The summed E-state index contributed by atoms with van der Waals surface area (Å²) in [6.45, 7) is 0.442. The Kier molecular flexibility index (Phi) is 8.27. The minimum Gasteiger partial charge on any atom is -0.455 e. The molecule has 1 atom stereocenters. The van der Waals surface area contributed by atoms with Crippen molar-refractivity contribution in [3.63, 3.8) is 0 Å². The van der Waals surface area contributed by atoms with Gasteiger partial charge in [-0.15, -0.1) is 0 Å². The van der Waals surface area contributed by atoms with Crippen LogP contribution >= 0.6 is 0 Å². The van der Waals surface area contributed by atoms with Crippen molar-refractivity contribution in [2.24, 2.45) is 0 Å². The lowest BCUT2D eigenvalue weighted by atomic mass is 10.1. The SMILES string of the molecule is CC(NC(=O)COC(=O)CNS(=O)(=O)c1ccc(N(C)C)c([N+](=O)[O-])c1)c1ccccc1. The van der Waals surface area contributed by atoms with Crippen LogP contribution in [0.15, 0.2) is 53.4 Å². The number of carbonyl (C=O) groups excluding carboxylic acids is 2. The first-order chi connectivity index (χ1) is 15.0. The number of nitrogens with one attached hydrogen (secondary N) is 2. The molecule has 1 unspecified atom stereocenters. The molecule has 0 aliphatic carbocycles. The first kappa shape index (κ1) is 24.8. The van der Waals surface area contributed by atoms with Gasteiger partial charge in [0.2, 0.25) is 10.0 Å². The minimum absolute atomic E-state index is 0.226. The van der Waals surface area contributed by atoms with E-state index >= 15 is 0 Å². The quantitative estimate of drug-likeness (QED) is 0.304. The number of benzene rings is 2. The summed E-state index contributed by atoms with van der Waals surface area (Å²) in [6.07, 6.45) is 0. The molecule has 0 aromatic heterocycles. The normalized spacial score (nSPS) is 12.0. The monoisotopic (exact) mass is 464 g/mol. The summed E-state index contributed by atoms with van der Waals surface area (Å²) in [5, 5.41) is 13.9. The fourth-order valence-corrected chi connectivity index (χ4v) is 3.73. The Morgan fingerprint density at radius 1 is 1.16 bits per heavy atom. The van der Waals surface area contributed by atoms with E-state index in [1.54, 1.807) is 21.0 Å². The topological polar surface area (TPSA) is 148 Å². The number of hydrogen-bond acceptors (Lipinski definition) is 8. The zero-order valence-corrected chi connectivity index (χ0v) is 18.6. The highest BCUT2D eigenvalue weighted by Gasteiger charge is 2.23. The Labute approximate surface area is 185 Å². The van der Waals surface area contributed by atoms with Crippen LogP contribution in [0.1, 0.15) is 18.5 Å². The molecular formula is C20H24N4O7S. The molecule has 0 spiro atoms. The van der Waals surface area contributed by atoms with Crippen LogP contribution in [0, 0.1) is 10.1 Å². The van der Waals surface area contributed by atoms with Crippen LogP contribution < -0.4 is 14.9 Å². The van der Waals surface area contributed by atoms with Crippen molar-refractivity contribution in [1.29, 1.82) is 0 Å². The molecule has 11 nitrogen and oxygen atoms in total. The summed E-state index contributed by atoms with van der Waals surface area (Å²) in [6, 6.07) is 12.2. The van der Waals surface area contributed by atoms with Crippen molar-refractivity contribution in [3.05, 3.63) is 64.2 Å². The Hall–Kier alpha value is -3.51. The van der Waals surface area contributed by atoms with Crippen molar-refractivity contribution in [2.45, 2.75) is 17.9 Å². The predicted octanol–water partition coefficient (Wildman–Crippen LogP) is 1.36. The summed E-state index contributed by atoms with van der Waals surface area (Å²) < 4.78 is 31.6. The van der Waals surface area contributed by atoms with Crippen molar-refractivity contribution in [2.75, 3.05) is 32.1 Å². The average molecular weight is 465 g/mol. The van der Waals surface area contributed by atoms with Gasteiger partial charge in [0.25, 0.3) is 11.6 Å². The van der Waals surface area contributed by atoms with Gasteiger partial charge in [-0.3, -0.25) is 19.7 Å². The molecule has 1 amide bonds. The number of ether oxygens (including phenoxy) is 1. The van der Waals surface area contributed by atoms with Gasteiger partial charge in [0.05, 0.1) is 15.9 Å². The van der Waals surface area contributed by atoms with E-state index in [4.69, 9.17) is 4.74 Å². The van der Waals surface area contributed by atoms with E-state index in [1.807, 2.05) is 35.1 Å². The van der Waals surface area contributed by atoms with Crippen LogP contribution in [0.2, 0.25) is 0 Å². The molecule has 0 radical (unpaired) electrons. The molecule has 0 bridgehead atoms. The number of sulfonamides is 1. The summed E-state index contributed by atoms with van der Waals surface area (Å²) in [4.78, 5) is 35.4. The molecule has 2 aromatic rings. The highest BCUT2D eigenvalue weighted by molar-refractivity contribution is 7.89. The Balaban J connectivity index is 1.91. The third kappa shape index (κ3) is 6.75. The zero-order chi connectivity index (χ0) is 23.9. The van der Waals surface area contributed by atoms with Crippen LogP contribution in [0.5, 0.6) is 0 Å². The van der Waals surface area contributed by atoms with E-state index in [2.05, 4.69) is 5.32 Å². The molecule has 2 rings (SSSR count). The van der Waals surface area contributed by atoms with E-state index in [9.17, 15) is 28.1 Å². The second kappa shape index (κ2) is 10.7. The second-order valence-electron chi connectivity index (χ2n) is 6.99. The zero-order valence-electron chi connectivity index (χ0n) is 17.8. The van der Waals surface area contributed by atoms with Gasteiger partial charge in [-0.05, 0) is 24.6 Å². The van der Waals surface area contributed by atoms with E-state index in [1.165, 1.54) is 17.0 Å². The molecular weight excluding hydrogens is 440 g/mol. The average Bonchev–Trinajstić information content (AvgIpc) is 2.76. The molecule has 0 fully saturated rings. The maximum atomic E-state index is 12.4. The van der Waals surface area contributed by atoms with Crippen molar-refractivity contribution in [3.8, 4) is 0 Å². The number of rotatable bonds is 10. The summed E-state index contributed by atoms with van der Waals surface area (Å²) >= 11 is 0. The molecule has 2 aromatic carbocycles. The van der Waals surface area contributed by atoms with Gasteiger partial charge in [0.15, 0.2) is 6.61 Å². The van der Waals surface area contributed by atoms with Gasteiger partial charge in [-0.2, -0.15) is 4.72 Å². The van der Waals surface area contributed by atoms with Gasteiger partial charge >= 0.3 is 5.97 Å². The second-order valence-corrected chi connectivity index (χ2v) is 8.75. The van der Waals surface area contributed by atoms with Gasteiger partial charge in [0, 0.05) is 20.2 Å². The summed E-state index contributed by atoms with van der Waals surface area (Å²) in [5.74, 6) is -1.53. The smallest absolute Gasteiger partial charge is 0.321 e. The number of esters is 1. The van der Waals surface area contributed by atoms with Crippen LogP contribution in [0.3, 0.4) is 0 Å². The Morgan fingerprint density at radius 3 is 2.41 bits per heavy atom. The first-order valence-electron chi connectivity index (χ1n) is 9.46. The molecule has 0 heterocycles. The largest absolute Gasteiger partial charge is 0.455 e. The number of hydrogen-bond donors (Lipinski definition) is 2. The van der Waals surface area contributed by atoms with Crippen LogP contribution in [-0.2, 0) is 24.3 Å². The molecule has 0 aliphatic heterocycles. The highest BCUT2D eigenvalue weighted by Crippen LogP contribution is 2.29. The van der Waals surface area contributed by atoms with E-state index in [0.717, 1.165) is 11.6 Å². The maximum absolute atomic E-state index is 12.4. The molecule has 32 heavy (non-hydrogen) atoms.